The van der Waals surface area contributed by atoms with E-state index in [0.717, 1.165) is 37.3 Å². The van der Waals surface area contributed by atoms with Crippen LogP contribution in [0.15, 0.2) is 24.3 Å². The molecule has 0 radical (unpaired) electrons. The predicted molar refractivity (Wildman–Crippen MR) is 104 cm³/mol. The van der Waals surface area contributed by atoms with Crippen molar-refractivity contribution in [2.45, 2.75) is 51.0 Å². The zero-order valence-electron chi connectivity index (χ0n) is 15.4. The Bertz CT molecular complexity index is 620. The first-order chi connectivity index (χ1) is 12.6. The maximum absolute atomic E-state index is 12.3. The molecule has 1 aliphatic heterocycles. The van der Waals surface area contributed by atoms with Crippen LogP contribution in [0.1, 0.15) is 44.9 Å². The van der Waals surface area contributed by atoms with Gasteiger partial charge in [0.1, 0.15) is 0 Å². The monoisotopic (exact) mass is 358 g/mol. The normalized spacial score (nSPS) is 18.8. The van der Waals surface area contributed by atoms with Gasteiger partial charge in [-0.2, -0.15) is 0 Å². The van der Waals surface area contributed by atoms with Crippen LogP contribution in [0.25, 0.3) is 0 Å². The highest BCUT2D eigenvalue weighted by Gasteiger charge is 2.21. The van der Waals surface area contributed by atoms with Gasteiger partial charge in [-0.3, -0.25) is 9.59 Å². The van der Waals surface area contributed by atoms with Gasteiger partial charge in [-0.25, -0.2) is 0 Å². The highest BCUT2D eigenvalue weighted by molar-refractivity contribution is 5.91. The number of rotatable bonds is 7. The Labute approximate surface area is 155 Å². The van der Waals surface area contributed by atoms with Gasteiger partial charge in [-0.05, 0) is 49.8 Å². The van der Waals surface area contributed by atoms with Crippen LogP contribution in [0.5, 0.6) is 0 Å². The molecular weight excluding hydrogens is 328 g/mol. The lowest BCUT2D eigenvalue weighted by molar-refractivity contribution is -0.118. The van der Waals surface area contributed by atoms with Crippen LogP contribution in [-0.4, -0.2) is 37.5 Å². The van der Waals surface area contributed by atoms with E-state index in [4.69, 9.17) is 5.73 Å². The predicted octanol–water partition coefficient (Wildman–Crippen LogP) is 2.25. The first-order valence-electron chi connectivity index (χ1n) is 9.76. The van der Waals surface area contributed by atoms with Crippen molar-refractivity contribution < 1.29 is 9.59 Å². The Morgan fingerprint density at radius 1 is 1.12 bits per heavy atom. The summed E-state index contributed by atoms with van der Waals surface area (Å²) in [6, 6.07) is 8.44. The molecule has 0 aromatic heterocycles. The number of hydrogen-bond donors (Lipinski definition) is 3. The Morgan fingerprint density at radius 3 is 2.54 bits per heavy atom. The SMILES string of the molecule is NC(=O)CNC1CCN(c2cccc(NC(=O)CC3CCCC3)c2)CC1. The van der Waals surface area contributed by atoms with Crippen LogP contribution >= 0.6 is 0 Å². The summed E-state index contributed by atoms with van der Waals surface area (Å²) in [6.07, 6.45) is 7.49. The van der Waals surface area contributed by atoms with Gasteiger partial charge >= 0.3 is 0 Å². The minimum absolute atomic E-state index is 0.128. The molecule has 4 N–H and O–H groups in total. The fraction of sp³-hybridized carbons (Fsp3) is 0.600. The summed E-state index contributed by atoms with van der Waals surface area (Å²) in [7, 11) is 0. The summed E-state index contributed by atoms with van der Waals surface area (Å²) in [4.78, 5) is 25.5. The Hall–Kier alpha value is -2.08. The van der Waals surface area contributed by atoms with Crippen molar-refractivity contribution >= 4 is 23.2 Å². The zero-order chi connectivity index (χ0) is 18.4. The molecule has 1 aliphatic carbocycles. The Balaban J connectivity index is 1.49. The van der Waals surface area contributed by atoms with Gasteiger partial charge in [0.05, 0.1) is 6.54 Å². The molecule has 1 saturated heterocycles. The van der Waals surface area contributed by atoms with Crippen LogP contribution in [0.2, 0.25) is 0 Å². The summed E-state index contributed by atoms with van der Waals surface area (Å²) in [5.41, 5.74) is 7.20. The van der Waals surface area contributed by atoms with Gasteiger partial charge in [-0.15, -0.1) is 0 Å². The number of carbonyl (C=O) groups is 2. The third-order valence-electron chi connectivity index (χ3n) is 5.50. The quantitative estimate of drug-likeness (QED) is 0.698. The van der Waals surface area contributed by atoms with Crippen LogP contribution in [-0.2, 0) is 9.59 Å². The Morgan fingerprint density at radius 2 is 1.85 bits per heavy atom. The maximum Gasteiger partial charge on any atom is 0.231 e. The van der Waals surface area contributed by atoms with Gasteiger partial charge in [0.2, 0.25) is 11.8 Å². The molecule has 0 bridgehead atoms. The molecule has 0 unspecified atom stereocenters. The van der Waals surface area contributed by atoms with E-state index in [-0.39, 0.29) is 18.4 Å². The molecule has 2 amide bonds. The van der Waals surface area contributed by atoms with Crippen LogP contribution < -0.4 is 21.3 Å². The molecule has 0 atom stereocenters. The molecule has 2 aliphatic rings. The number of nitrogens with zero attached hydrogens (tertiary/aromatic N) is 1. The number of carbonyl (C=O) groups excluding carboxylic acids is 2. The number of amides is 2. The third kappa shape index (κ3) is 5.46. The number of hydrogen-bond acceptors (Lipinski definition) is 4. The summed E-state index contributed by atoms with van der Waals surface area (Å²) >= 11 is 0. The van der Waals surface area contributed by atoms with Crippen molar-refractivity contribution in [1.82, 2.24) is 5.32 Å². The summed E-state index contributed by atoms with van der Waals surface area (Å²) in [6.45, 7) is 2.10. The van der Waals surface area contributed by atoms with E-state index < -0.39 is 0 Å². The summed E-state index contributed by atoms with van der Waals surface area (Å²) in [5.74, 6) is 0.377. The second kappa shape index (κ2) is 9.03. The Kier molecular flexibility index (Phi) is 6.50. The van der Waals surface area contributed by atoms with Crippen LogP contribution in [0, 0.1) is 5.92 Å². The smallest absolute Gasteiger partial charge is 0.231 e. The van der Waals surface area contributed by atoms with E-state index in [1.165, 1.54) is 25.7 Å². The largest absolute Gasteiger partial charge is 0.371 e. The molecule has 1 heterocycles. The molecular formula is C20H30N4O2. The first kappa shape index (κ1) is 18.7. The van der Waals surface area contributed by atoms with Gasteiger partial charge < -0.3 is 21.3 Å². The first-order valence-corrected chi connectivity index (χ1v) is 9.76. The average Bonchev–Trinajstić information content (AvgIpc) is 3.13. The van der Waals surface area contributed by atoms with Crippen molar-refractivity contribution in [1.29, 1.82) is 0 Å². The number of piperidine rings is 1. The number of primary amides is 1. The van der Waals surface area contributed by atoms with E-state index in [9.17, 15) is 9.59 Å². The van der Waals surface area contributed by atoms with E-state index >= 15 is 0 Å². The molecule has 26 heavy (non-hydrogen) atoms. The fourth-order valence-corrected chi connectivity index (χ4v) is 4.06. The molecule has 6 nitrogen and oxygen atoms in total. The molecule has 2 fully saturated rings. The zero-order valence-corrected chi connectivity index (χ0v) is 15.4. The molecule has 142 valence electrons. The van der Waals surface area contributed by atoms with E-state index in [0.29, 0.717) is 18.4 Å². The average molecular weight is 358 g/mol. The lowest BCUT2D eigenvalue weighted by Crippen LogP contribution is -2.45. The number of nitrogens with two attached hydrogens (primary N) is 1. The minimum atomic E-state index is -0.312. The highest BCUT2D eigenvalue weighted by atomic mass is 16.2. The number of anilines is 2. The molecule has 1 aromatic rings. The molecule has 6 heteroatoms. The number of nitrogens with one attached hydrogen (secondary N) is 2. The maximum atomic E-state index is 12.3. The van der Waals surface area contributed by atoms with Crippen molar-refractivity contribution in [2.75, 3.05) is 29.9 Å². The van der Waals surface area contributed by atoms with Gasteiger partial charge in [-0.1, -0.05) is 18.9 Å². The van der Waals surface area contributed by atoms with E-state index in [1.54, 1.807) is 0 Å². The van der Waals surface area contributed by atoms with Gasteiger partial charge in [0.15, 0.2) is 0 Å². The second-order valence-electron chi connectivity index (χ2n) is 7.56. The topological polar surface area (TPSA) is 87.5 Å². The van der Waals surface area contributed by atoms with Crippen molar-refractivity contribution in [2.24, 2.45) is 11.7 Å². The molecule has 1 saturated carbocycles. The molecule has 1 aromatic carbocycles. The molecule has 3 rings (SSSR count). The summed E-state index contributed by atoms with van der Waals surface area (Å²) < 4.78 is 0. The van der Waals surface area contributed by atoms with Crippen molar-refractivity contribution in [3.05, 3.63) is 24.3 Å². The van der Waals surface area contributed by atoms with E-state index in [1.807, 2.05) is 12.1 Å². The lowest BCUT2D eigenvalue weighted by atomic mass is 10.0. The van der Waals surface area contributed by atoms with Crippen molar-refractivity contribution in [3.8, 4) is 0 Å². The third-order valence-corrected chi connectivity index (χ3v) is 5.50. The minimum Gasteiger partial charge on any atom is -0.371 e. The van der Waals surface area contributed by atoms with E-state index in [2.05, 4.69) is 27.7 Å². The molecule has 0 spiro atoms. The summed E-state index contributed by atoms with van der Waals surface area (Å²) in [5, 5.41) is 6.27. The van der Waals surface area contributed by atoms with Crippen LogP contribution in [0.4, 0.5) is 11.4 Å². The second-order valence-corrected chi connectivity index (χ2v) is 7.56. The fourth-order valence-electron chi connectivity index (χ4n) is 4.06. The van der Waals surface area contributed by atoms with Crippen molar-refractivity contribution in [3.63, 3.8) is 0 Å². The van der Waals surface area contributed by atoms with Crippen LogP contribution in [0.3, 0.4) is 0 Å². The number of benzene rings is 1. The van der Waals surface area contributed by atoms with Gasteiger partial charge in [0.25, 0.3) is 0 Å². The highest BCUT2D eigenvalue weighted by Crippen LogP contribution is 2.28. The lowest BCUT2D eigenvalue weighted by Gasteiger charge is -2.34. The standard InChI is InChI=1S/C20H30N4O2/c21-19(25)14-22-16-8-10-24(11-9-16)18-7-3-6-17(13-18)23-20(26)12-15-4-1-2-5-15/h3,6-7,13,15-16,22H,1-2,4-5,8-12,14H2,(H2,21,25)(H,23,26). The van der Waals surface area contributed by atoms with Gasteiger partial charge in [0, 0.05) is 36.9 Å².